The van der Waals surface area contributed by atoms with Crippen LogP contribution in [-0.2, 0) is 19.6 Å². The Kier molecular flexibility index (Phi) is 5.10. The van der Waals surface area contributed by atoms with Crippen LogP contribution in [-0.4, -0.2) is 55.4 Å². The van der Waals surface area contributed by atoms with Crippen molar-refractivity contribution in [3.63, 3.8) is 0 Å². The summed E-state index contributed by atoms with van der Waals surface area (Å²) in [6.45, 7) is 3.74. The van der Waals surface area contributed by atoms with Crippen molar-refractivity contribution in [1.29, 1.82) is 0 Å². The highest BCUT2D eigenvalue weighted by atomic mass is 32.2. The van der Waals surface area contributed by atoms with Crippen molar-refractivity contribution in [2.45, 2.75) is 18.1 Å². The van der Waals surface area contributed by atoms with E-state index >= 15 is 0 Å². The third kappa shape index (κ3) is 3.79. The maximum Gasteiger partial charge on any atom is 0.318 e. The van der Waals surface area contributed by atoms with E-state index in [1.807, 2.05) is 0 Å². The van der Waals surface area contributed by atoms with Crippen molar-refractivity contribution in [2.24, 2.45) is 0 Å². The van der Waals surface area contributed by atoms with Crippen LogP contribution >= 0.6 is 0 Å². The van der Waals surface area contributed by atoms with Crippen molar-refractivity contribution in [2.75, 3.05) is 26.3 Å². The molecule has 0 amide bonds. The monoisotopic (exact) mass is 263 g/mol. The number of ether oxygens (including phenoxy) is 1. The maximum absolute atomic E-state index is 12.2. The first-order valence-electron chi connectivity index (χ1n) is 5.38. The molecular formula is C10H17NO5S. The topological polar surface area (TPSA) is 83.9 Å². The predicted octanol–water partition coefficient (Wildman–Crippen LogP) is 0.0678. The molecule has 1 aliphatic heterocycles. The number of carboxylic acids is 1. The summed E-state index contributed by atoms with van der Waals surface area (Å²) in [4.78, 5) is 10.6. The molecular weight excluding hydrogens is 246 g/mol. The molecule has 0 aromatic heterocycles. The normalized spacial score (nSPS) is 18.2. The molecule has 0 spiro atoms. The van der Waals surface area contributed by atoms with E-state index in [4.69, 9.17) is 9.84 Å². The summed E-state index contributed by atoms with van der Waals surface area (Å²) in [6, 6.07) is 0. The van der Waals surface area contributed by atoms with Crippen LogP contribution in [0.2, 0.25) is 0 Å². The van der Waals surface area contributed by atoms with Gasteiger partial charge in [0.25, 0.3) is 0 Å². The largest absolute Gasteiger partial charge is 0.480 e. The fourth-order valence-electron chi connectivity index (χ4n) is 1.74. The standard InChI is InChI=1S/C10H17NO5S/c1-2-5-11(8-10(12)13)17(14,15)9-3-6-16-7-4-9/h2,9H,1,3-8H2,(H,12,13). The van der Waals surface area contributed by atoms with Crippen LogP contribution in [0.15, 0.2) is 12.7 Å². The van der Waals surface area contributed by atoms with Gasteiger partial charge in [-0.25, -0.2) is 8.42 Å². The second-order valence-corrected chi connectivity index (χ2v) is 6.04. The Balaban J connectivity index is 2.81. The lowest BCUT2D eigenvalue weighted by molar-refractivity contribution is -0.137. The summed E-state index contributed by atoms with van der Waals surface area (Å²) in [5.41, 5.74) is 0. The van der Waals surface area contributed by atoms with Crippen LogP contribution in [0.4, 0.5) is 0 Å². The lowest BCUT2D eigenvalue weighted by Gasteiger charge is -2.28. The molecule has 98 valence electrons. The van der Waals surface area contributed by atoms with Crippen LogP contribution in [0.5, 0.6) is 0 Å². The molecule has 7 heteroatoms. The van der Waals surface area contributed by atoms with Gasteiger partial charge in [-0.3, -0.25) is 4.79 Å². The highest BCUT2D eigenvalue weighted by molar-refractivity contribution is 7.89. The molecule has 0 aromatic carbocycles. The number of aliphatic carboxylic acids is 1. The minimum atomic E-state index is -3.58. The summed E-state index contributed by atoms with van der Waals surface area (Å²) in [5, 5.41) is 8.16. The van der Waals surface area contributed by atoms with Crippen LogP contribution in [0, 0.1) is 0 Å². The van der Waals surface area contributed by atoms with E-state index in [9.17, 15) is 13.2 Å². The Morgan fingerprint density at radius 1 is 1.47 bits per heavy atom. The van der Waals surface area contributed by atoms with Gasteiger partial charge in [0.2, 0.25) is 10.0 Å². The van der Waals surface area contributed by atoms with E-state index < -0.39 is 27.8 Å². The van der Waals surface area contributed by atoms with E-state index in [2.05, 4.69) is 6.58 Å². The predicted molar refractivity (Wildman–Crippen MR) is 62.2 cm³/mol. The van der Waals surface area contributed by atoms with Crippen LogP contribution in [0.25, 0.3) is 0 Å². The average Bonchev–Trinajstić information content (AvgIpc) is 2.29. The number of nitrogens with zero attached hydrogens (tertiary/aromatic N) is 1. The molecule has 17 heavy (non-hydrogen) atoms. The van der Waals surface area contributed by atoms with Crippen LogP contribution in [0.3, 0.4) is 0 Å². The SMILES string of the molecule is C=CCN(CC(=O)O)S(=O)(=O)C1CCOCC1. The molecule has 1 N–H and O–H groups in total. The van der Waals surface area contributed by atoms with Gasteiger partial charge in [-0.1, -0.05) is 6.08 Å². The van der Waals surface area contributed by atoms with Gasteiger partial charge in [-0.05, 0) is 12.8 Å². The van der Waals surface area contributed by atoms with Gasteiger partial charge in [0.15, 0.2) is 0 Å². The third-order valence-corrected chi connectivity index (χ3v) is 4.91. The van der Waals surface area contributed by atoms with E-state index in [1.54, 1.807) is 0 Å². The van der Waals surface area contributed by atoms with Gasteiger partial charge in [0, 0.05) is 19.8 Å². The van der Waals surface area contributed by atoms with Gasteiger partial charge in [0.1, 0.15) is 6.54 Å². The molecule has 6 nitrogen and oxygen atoms in total. The number of hydrogen-bond donors (Lipinski definition) is 1. The highest BCUT2D eigenvalue weighted by Crippen LogP contribution is 2.19. The minimum Gasteiger partial charge on any atom is -0.480 e. The molecule has 1 rings (SSSR count). The number of carboxylic acid groups (broad SMARTS) is 1. The maximum atomic E-state index is 12.2. The van der Waals surface area contributed by atoms with Gasteiger partial charge < -0.3 is 9.84 Å². The Morgan fingerprint density at radius 2 is 2.06 bits per heavy atom. The summed E-state index contributed by atoms with van der Waals surface area (Å²) in [7, 11) is -3.58. The van der Waals surface area contributed by atoms with E-state index in [1.165, 1.54) is 6.08 Å². The van der Waals surface area contributed by atoms with Gasteiger partial charge in [-0.15, -0.1) is 6.58 Å². The first kappa shape index (κ1) is 14.1. The summed E-state index contributed by atoms with van der Waals surface area (Å²) >= 11 is 0. The van der Waals surface area contributed by atoms with E-state index in [0.29, 0.717) is 26.1 Å². The Hall–Kier alpha value is -0.920. The van der Waals surface area contributed by atoms with Crippen LogP contribution in [0.1, 0.15) is 12.8 Å². The minimum absolute atomic E-state index is 0.0198. The lowest BCUT2D eigenvalue weighted by Crippen LogP contribution is -2.43. The Bertz CT molecular complexity index is 372. The zero-order valence-corrected chi connectivity index (χ0v) is 10.4. The zero-order chi connectivity index (χ0) is 12.9. The Labute approximate surface area is 101 Å². The molecule has 0 unspecified atom stereocenters. The van der Waals surface area contributed by atoms with Gasteiger partial charge in [0.05, 0.1) is 5.25 Å². The number of rotatable bonds is 6. The number of hydrogen-bond acceptors (Lipinski definition) is 4. The smallest absolute Gasteiger partial charge is 0.318 e. The molecule has 1 aliphatic rings. The molecule has 1 heterocycles. The number of sulfonamides is 1. The molecule has 1 fully saturated rings. The summed E-state index contributed by atoms with van der Waals surface area (Å²) in [6.07, 6.45) is 2.21. The molecule has 0 saturated carbocycles. The lowest BCUT2D eigenvalue weighted by atomic mass is 10.2. The van der Waals surface area contributed by atoms with Crippen molar-refractivity contribution in [3.8, 4) is 0 Å². The molecule has 0 bridgehead atoms. The van der Waals surface area contributed by atoms with Gasteiger partial charge in [-0.2, -0.15) is 4.31 Å². The molecule has 0 radical (unpaired) electrons. The molecule has 0 atom stereocenters. The Morgan fingerprint density at radius 3 is 2.53 bits per heavy atom. The second kappa shape index (κ2) is 6.13. The molecule has 0 aliphatic carbocycles. The summed E-state index contributed by atoms with van der Waals surface area (Å²) < 4.78 is 30.4. The number of carbonyl (C=O) groups is 1. The molecule has 1 saturated heterocycles. The molecule has 0 aromatic rings. The first-order chi connectivity index (χ1) is 7.98. The van der Waals surface area contributed by atoms with E-state index in [-0.39, 0.29) is 6.54 Å². The van der Waals surface area contributed by atoms with Crippen molar-refractivity contribution in [3.05, 3.63) is 12.7 Å². The zero-order valence-electron chi connectivity index (χ0n) is 9.54. The van der Waals surface area contributed by atoms with Crippen molar-refractivity contribution < 1.29 is 23.1 Å². The second-order valence-electron chi connectivity index (χ2n) is 3.83. The highest BCUT2D eigenvalue weighted by Gasteiger charge is 2.33. The van der Waals surface area contributed by atoms with Crippen molar-refractivity contribution in [1.82, 2.24) is 4.31 Å². The van der Waals surface area contributed by atoms with Crippen LogP contribution < -0.4 is 0 Å². The first-order valence-corrected chi connectivity index (χ1v) is 6.88. The third-order valence-electron chi connectivity index (χ3n) is 2.59. The van der Waals surface area contributed by atoms with Crippen molar-refractivity contribution >= 4 is 16.0 Å². The quantitative estimate of drug-likeness (QED) is 0.685. The summed E-state index contributed by atoms with van der Waals surface area (Å²) in [5.74, 6) is -1.16. The average molecular weight is 263 g/mol. The van der Waals surface area contributed by atoms with E-state index in [0.717, 1.165) is 4.31 Å². The van der Waals surface area contributed by atoms with Gasteiger partial charge >= 0.3 is 5.97 Å². The fraction of sp³-hybridized carbons (Fsp3) is 0.700. The fourth-order valence-corrected chi connectivity index (χ4v) is 3.55.